The summed E-state index contributed by atoms with van der Waals surface area (Å²) in [4.78, 5) is 0. The molecule has 0 spiro atoms. The first-order valence-corrected chi connectivity index (χ1v) is 8.33. The number of aryl methyl sites for hydroxylation is 2. The van der Waals surface area contributed by atoms with Gasteiger partial charge in [0, 0.05) is 38.7 Å². The van der Waals surface area contributed by atoms with Crippen LogP contribution < -0.4 is 5.32 Å². The lowest BCUT2D eigenvalue weighted by molar-refractivity contribution is 0.0680. The van der Waals surface area contributed by atoms with Gasteiger partial charge in [0.05, 0.1) is 13.2 Å². The van der Waals surface area contributed by atoms with Gasteiger partial charge in [-0.15, -0.1) is 0 Å². The molecule has 0 saturated carbocycles. The summed E-state index contributed by atoms with van der Waals surface area (Å²) in [7, 11) is 1.71. The van der Waals surface area contributed by atoms with Crippen LogP contribution in [0, 0.1) is 0 Å². The predicted octanol–water partition coefficient (Wildman–Crippen LogP) is 2.92. The molecule has 0 bridgehead atoms. The Morgan fingerprint density at radius 1 is 1.29 bits per heavy atom. The Labute approximate surface area is 128 Å². The van der Waals surface area contributed by atoms with Crippen LogP contribution in [0.1, 0.15) is 49.8 Å². The molecule has 1 N–H and O–H groups in total. The quantitative estimate of drug-likeness (QED) is 0.674. The summed E-state index contributed by atoms with van der Waals surface area (Å²) in [6.07, 6.45) is 10.8. The van der Waals surface area contributed by atoms with Gasteiger partial charge >= 0.3 is 0 Å². The van der Waals surface area contributed by atoms with Crippen LogP contribution in [0.25, 0.3) is 0 Å². The van der Waals surface area contributed by atoms with Gasteiger partial charge in [0.15, 0.2) is 0 Å². The minimum absolute atomic E-state index is 0.563. The molecule has 1 aromatic rings. The highest BCUT2D eigenvalue weighted by Crippen LogP contribution is 2.30. The number of nitrogens with zero attached hydrogens (tertiary/aromatic N) is 1. The van der Waals surface area contributed by atoms with Crippen molar-refractivity contribution in [3.63, 3.8) is 0 Å². The minimum Gasteiger partial charge on any atom is -0.382 e. The van der Waals surface area contributed by atoms with Gasteiger partial charge in [-0.05, 0) is 49.8 Å². The fraction of sp³-hybridized carbons (Fsp3) is 0.765. The fourth-order valence-electron chi connectivity index (χ4n) is 3.00. The Morgan fingerprint density at radius 2 is 2.19 bits per heavy atom. The van der Waals surface area contributed by atoms with Gasteiger partial charge in [0.1, 0.15) is 0 Å². The van der Waals surface area contributed by atoms with Crippen molar-refractivity contribution in [3.05, 3.63) is 23.5 Å². The van der Waals surface area contributed by atoms with Crippen molar-refractivity contribution >= 4 is 0 Å². The van der Waals surface area contributed by atoms with E-state index in [4.69, 9.17) is 9.47 Å². The van der Waals surface area contributed by atoms with Crippen molar-refractivity contribution in [2.75, 3.05) is 33.5 Å². The van der Waals surface area contributed by atoms with Gasteiger partial charge in [-0.1, -0.05) is 6.92 Å². The third-order valence-electron chi connectivity index (χ3n) is 4.09. The van der Waals surface area contributed by atoms with E-state index in [-0.39, 0.29) is 0 Å². The summed E-state index contributed by atoms with van der Waals surface area (Å²) in [6, 6.07) is 0.563. The summed E-state index contributed by atoms with van der Waals surface area (Å²) in [5.41, 5.74) is 3.06. The monoisotopic (exact) mass is 294 g/mol. The van der Waals surface area contributed by atoms with E-state index < -0.39 is 0 Å². The number of methoxy groups -OCH3 is 1. The zero-order valence-electron chi connectivity index (χ0n) is 13.6. The van der Waals surface area contributed by atoms with Crippen molar-refractivity contribution < 1.29 is 9.47 Å². The Morgan fingerprint density at radius 3 is 3.00 bits per heavy atom. The van der Waals surface area contributed by atoms with E-state index >= 15 is 0 Å². The number of hydrogen-bond acceptors (Lipinski definition) is 3. The lowest BCUT2D eigenvalue weighted by atomic mass is 9.91. The molecule has 1 aliphatic carbocycles. The minimum atomic E-state index is 0.563. The number of ether oxygens (including phenoxy) is 2. The van der Waals surface area contributed by atoms with Gasteiger partial charge in [0.25, 0.3) is 0 Å². The van der Waals surface area contributed by atoms with Crippen molar-refractivity contribution in [2.24, 2.45) is 0 Å². The van der Waals surface area contributed by atoms with Crippen LogP contribution in [0.2, 0.25) is 0 Å². The molecule has 0 saturated heterocycles. The highest BCUT2D eigenvalue weighted by Gasteiger charge is 2.21. The van der Waals surface area contributed by atoms with Crippen LogP contribution in [-0.4, -0.2) is 38.0 Å². The maximum absolute atomic E-state index is 5.52. The van der Waals surface area contributed by atoms with Crippen molar-refractivity contribution in [1.82, 2.24) is 9.88 Å². The second-order valence-electron chi connectivity index (χ2n) is 5.83. The maximum Gasteiger partial charge on any atom is 0.0700 e. The zero-order valence-corrected chi connectivity index (χ0v) is 13.6. The van der Waals surface area contributed by atoms with Crippen molar-refractivity contribution in [1.29, 1.82) is 0 Å². The molecule has 1 aliphatic rings. The Kier molecular flexibility index (Phi) is 7.27. The van der Waals surface area contributed by atoms with Crippen LogP contribution in [0.3, 0.4) is 0 Å². The normalized spacial score (nSPS) is 17.9. The van der Waals surface area contributed by atoms with Crippen LogP contribution in [-0.2, 0) is 22.4 Å². The SMILES string of the molecule is CCCNC1CCCc2cn(CCCOCCOC)cc21. The van der Waals surface area contributed by atoms with Gasteiger partial charge in [-0.25, -0.2) is 0 Å². The molecule has 1 unspecified atom stereocenters. The third-order valence-corrected chi connectivity index (χ3v) is 4.09. The maximum atomic E-state index is 5.52. The van der Waals surface area contributed by atoms with E-state index in [9.17, 15) is 0 Å². The predicted molar refractivity (Wildman–Crippen MR) is 85.7 cm³/mol. The van der Waals surface area contributed by atoms with Gasteiger partial charge in [0.2, 0.25) is 0 Å². The van der Waals surface area contributed by atoms with Gasteiger partial charge < -0.3 is 19.4 Å². The van der Waals surface area contributed by atoms with Crippen molar-refractivity contribution in [3.8, 4) is 0 Å². The molecular weight excluding hydrogens is 264 g/mol. The van der Waals surface area contributed by atoms with Crippen LogP contribution in [0.4, 0.5) is 0 Å². The van der Waals surface area contributed by atoms with E-state index in [1.807, 2.05) is 0 Å². The molecule has 1 atom stereocenters. The number of rotatable bonds is 10. The van der Waals surface area contributed by atoms with E-state index in [1.54, 1.807) is 7.11 Å². The summed E-state index contributed by atoms with van der Waals surface area (Å²) in [5.74, 6) is 0. The summed E-state index contributed by atoms with van der Waals surface area (Å²) >= 11 is 0. The van der Waals surface area contributed by atoms with Crippen LogP contribution in [0.5, 0.6) is 0 Å². The first-order valence-electron chi connectivity index (χ1n) is 8.33. The molecule has 120 valence electrons. The second-order valence-corrected chi connectivity index (χ2v) is 5.83. The zero-order chi connectivity index (χ0) is 14.9. The molecule has 21 heavy (non-hydrogen) atoms. The van der Waals surface area contributed by atoms with Crippen LogP contribution in [0.15, 0.2) is 12.4 Å². The van der Waals surface area contributed by atoms with E-state index in [2.05, 4.69) is 29.2 Å². The highest BCUT2D eigenvalue weighted by molar-refractivity contribution is 5.30. The number of hydrogen-bond donors (Lipinski definition) is 1. The van der Waals surface area contributed by atoms with Gasteiger partial charge in [-0.2, -0.15) is 0 Å². The molecule has 1 heterocycles. The highest BCUT2D eigenvalue weighted by atomic mass is 16.5. The topological polar surface area (TPSA) is 35.4 Å². The Hall–Kier alpha value is -0.840. The van der Waals surface area contributed by atoms with E-state index in [0.717, 1.165) is 26.1 Å². The third kappa shape index (κ3) is 5.13. The summed E-state index contributed by atoms with van der Waals surface area (Å²) in [5, 5.41) is 3.68. The molecule has 4 nitrogen and oxygen atoms in total. The molecule has 0 fully saturated rings. The number of nitrogens with one attached hydrogen (secondary N) is 1. The standard InChI is InChI=1S/C17H30N2O2/c1-3-8-18-17-7-4-6-15-13-19(14-16(15)17)9-5-10-21-12-11-20-2/h13-14,17-18H,3-12H2,1-2H3. The van der Waals surface area contributed by atoms with Gasteiger partial charge in [-0.3, -0.25) is 0 Å². The average molecular weight is 294 g/mol. The smallest absolute Gasteiger partial charge is 0.0700 e. The molecular formula is C17H30N2O2. The molecule has 0 radical (unpaired) electrons. The Bertz CT molecular complexity index is 403. The van der Waals surface area contributed by atoms with Crippen LogP contribution >= 0.6 is 0 Å². The Balaban J connectivity index is 1.79. The molecule has 0 amide bonds. The number of fused-ring (bicyclic) bond motifs is 1. The first-order chi connectivity index (χ1) is 10.3. The summed E-state index contributed by atoms with van der Waals surface area (Å²) < 4.78 is 12.8. The lowest BCUT2D eigenvalue weighted by Gasteiger charge is -2.23. The molecule has 4 heteroatoms. The molecule has 1 aromatic heterocycles. The first kappa shape index (κ1) is 16.5. The molecule has 0 aliphatic heterocycles. The average Bonchev–Trinajstić information content (AvgIpc) is 2.92. The molecule has 2 rings (SSSR count). The number of aromatic nitrogens is 1. The second kappa shape index (κ2) is 9.23. The van der Waals surface area contributed by atoms with E-state index in [0.29, 0.717) is 19.3 Å². The largest absolute Gasteiger partial charge is 0.382 e. The fourth-order valence-corrected chi connectivity index (χ4v) is 3.00. The lowest BCUT2D eigenvalue weighted by Crippen LogP contribution is -2.24. The van der Waals surface area contributed by atoms with Crippen molar-refractivity contribution in [2.45, 2.75) is 51.6 Å². The van der Waals surface area contributed by atoms with E-state index in [1.165, 1.54) is 36.8 Å². The summed E-state index contributed by atoms with van der Waals surface area (Å²) in [6.45, 7) is 6.57. The molecule has 0 aromatic carbocycles.